The van der Waals surface area contributed by atoms with Gasteiger partial charge in [0.15, 0.2) is 0 Å². The highest BCUT2D eigenvalue weighted by molar-refractivity contribution is 5.90. The SMILES string of the molecule is CCOC(=O)/C=C/c1ccc(NC(=O)NCc2ccc(C)cc2C)cc1. The van der Waals surface area contributed by atoms with E-state index in [9.17, 15) is 9.59 Å². The molecule has 0 unspecified atom stereocenters. The second-order valence-electron chi connectivity index (χ2n) is 5.95. The molecule has 2 amide bonds. The Morgan fingerprint density at radius 1 is 1.08 bits per heavy atom. The molecule has 2 N–H and O–H groups in total. The fourth-order valence-electron chi connectivity index (χ4n) is 2.43. The lowest BCUT2D eigenvalue weighted by Crippen LogP contribution is -2.28. The van der Waals surface area contributed by atoms with Gasteiger partial charge in [-0.2, -0.15) is 0 Å². The van der Waals surface area contributed by atoms with Gasteiger partial charge in [0.05, 0.1) is 6.61 Å². The molecule has 0 aromatic heterocycles. The summed E-state index contributed by atoms with van der Waals surface area (Å²) in [5, 5.41) is 5.64. The number of ether oxygens (including phenoxy) is 1. The summed E-state index contributed by atoms with van der Waals surface area (Å²) >= 11 is 0. The van der Waals surface area contributed by atoms with Gasteiger partial charge in [-0.05, 0) is 55.7 Å². The van der Waals surface area contributed by atoms with E-state index in [1.807, 2.05) is 38.1 Å². The molecule has 0 saturated heterocycles. The third-order valence-electron chi connectivity index (χ3n) is 3.80. The van der Waals surface area contributed by atoms with Gasteiger partial charge in [0.1, 0.15) is 0 Å². The predicted molar refractivity (Wildman–Crippen MR) is 104 cm³/mol. The van der Waals surface area contributed by atoms with Crippen LogP contribution in [0.4, 0.5) is 10.5 Å². The van der Waals surface area contributed by atoms with Crippen LogP contribution in [0, 0.1) is 13.8 Å². The average molecular weight is 352 g/mol. The molecular formula is C21H24N2O3. The number of hydrogen-bond donors (Lipinski definition) is 2. The molecule has 0 saturated carbocycles. The van der Waals surface area contributed by atoms with Crippen LogP contribution >= 0.6 is 0 Å². The minimum absolute atomic E-state index is 0.264. The maximum atomic E-state index is 12.0. The number of urea groups is 1. The van der Waals surface area contributed by atoms with E-state index in [1.54, 1.807) is 25.1 Å². The van der Waals surface area contributed by atoms with E-state index in [4.69, 9.17) is 4.74 Å². The topological polar surface area (TPSA) is 67.4 Å². The van der Waals surface area contributed by atoms with Crippen LogP contribution in [0.1, 0.15) is 29.2 Å². The Hall–Kier alpha value is -3.08. The zero-order valence-electron chi connectivity index (χ0n) is 15.3. The Bertz CT molecular complexity index is 795. The highest BCUT2D eigenvalue weighted by atomic mass is 16.5. The summed E-state index contributed by atoms with van der Waals surface area (Å²) in [7, 11) is 0. The highest BCUT2D eigenvalue weighted by Crippen LogP contribution is 2.12. The first-order valence-corrected chi connectivity index (χ1v) is 8.54. The van der Waals surface area contributed by atoms with E-state index in [-0.39, 0.29) is 12.0 Å². The smallest absolute Gasteiger partial charge is 0.330 e. The maximum absolute atomic E-state index is 12.0. The van der Waals surface area contributed by atoms with Crippen molar-refractivity contribution >= 4 is 23.8 Å². The van der Waals surface area contributed by atoms with Crippen molar-refractivity contribution in [2.75, 3.05) is 11.9 Å². The summed E-state index contributed by atoms with van der Waals surface area (Å²) < 4.78 is 4.83. The Morgan fingerprint density at radius 3 is 2.46 bits per heavy atom. The molecule has 136 valence electrons. The minimum Gasteiger partial charge on any atom is -0.463 e. The Labute approximate surface area is 154 Å². The summed E-state index contributed by atoms with van der Waals surface area (Å²) in [4.78, 5) is 23.3. The maximum Gasteiger partial charge on any atom is 0.330 e. The van der Waals surface area contributed by atoms with Crippen molar-refractivity contribution in [3.63, 3.8) is 0 Å². The fraction of sp³-hybridized carbons (Fsp3) is 0.238. The Kier molecular flexibility index (Phi) is 6.97. The molecule has 2 aromatic rings. The number of amides is 2. The number of rotatable bonds is 6. The number of benzene rings is 2. The molecule has 0 heterocycles. The molecule has 0 bridgehead atoms. The summed E-state index contributed by atoms with van der Waals surface area (Å²) in [6.07, 6.45) is 3.05. The van der Waals surface area contributed by atoms with Crippen molar-refractivity contribution in [1.29, 1.82) is 0 Å². The van der Waals surface area contributed by atoms with E-state index in [0.717, 1.165) is 16.7 Å². The van der Waals surface area contributed by atoms with Gasteiger partial charge >= 0.3 is 12.0 Å². The molecule has 5 heteroatoms. The van der Waals surface area contributed by atoms with Gasteiger partial charge in [0.25, 0.3) is 0 Å². The number of nitrogens with one attached hydrogen (secondary N) is 2. The van der Waals surface area contributed by atoms with Crippen LogP contribution < -0.4 is 10.6 Å². The molecular weight excluding hydrogens is 328 g/mol. The molecule has 0 spiro atoms. The van der Waals surface area contributed by atoms with Gasteiger partial charge in [-0.15, -0.1) is 0 Å². The van der Waals surface area contributed by atoms with E-state index in [1.165, 1.54) is 11.6 Å². The fourth-order valence-corrected chi connectivity index (χ4v) is 2.43. The highest BCUT2D eigenvalue weighted by Gasteiger charge is 2.04. The predicted octanol–water partition coefficient (Wildman–Crippen LogP) is 4.20. The summed E-state index contributed by atoms with van der Waals surface area (Å²) in [6.45, 7) is 6.66. The first kappa shape index (κ1) is 19.2. The summed E-state index contributed by atoms with van der Waals surface area (Å²) in [5.41, 5.74) is 4.97. The second-order valence-corrected chi connectivity index (χ2v) is 5.95. The number of carbonyl (C=O) groups excluding carboxylic acids is 2. The normalized spacial score (nSPS) is 10.6. The van der Waals surface area contributed by atoms with E-state index in [2.05, 4.69) is 16.7 Å². The van der Waals surface area contributed by atoms with Gasteiger partial charge in [-0.25, -0.2) is 9.59 Å². The molecule has 0 radical (unpaired) electrons. The van der Waals surface area contributed by atoms with Crippen molar-refractivity contribution in [3.05, 3.63) is 70.8 Å². The van der Waals surface area contributed by atoms with Crippen molar-refractivity contribution in [2.45, 2.75) is 27.3 Å². The standard InChI is InChI=1S/C21H24N2O3/c1-4-26-20(24)12-8-17-6-10-19(11-7-17)23-21(25)22-14-18-9-5-15(2)13-16(18)3/h5-13H,4,14H2,1-3H3,(H2,22,23,25)/b12-8+. The number of carbonyl (C=O) groups is 2. The first-order valence-electron chi connectivity index (χ1n) is 8.54. The molecule has 0 aliphatic carbocycles. The lowest BCUT2D eigenvalue weighted by Gasteiger charge is -2.10. The first-order chi connectivity index (χ1) is 12.5. The van der Waals surface area contributed by atoms with Crippen LogP contribution in [0.2, 0.25) is 0 Å². The molecule has 2 aromatic carbocycles. The number of aryl methyl sites for hydroxylation is 2. The largest absolute Gasteiger partial charge is 0.463 e. The molecule has 2 rings (SSSR count). The second kappa shape index (κ2) is 9.42. The van der Waals surface area contributed by atoms with E-state index < -0.39 is 0 Å². The van der Waals surface area contributed by atoms with Crippen molar-refractivity contribution in [3.8, 4) is 0 Å². The third kappa shape index (κ3) is 6.09. The van der Waals surface area contributed by atoms with Gasteiger partial charge in [-0.1, -0.05) is 35.9 Å². The zero-order chi connectivity index (χ0) is 18.9. The van der Waals surface area contributed by atoms with E-state index >= 15 is 0 Å². The van der Waals surface area contributed by atoms with E-state index in [0.29, 0.717) is 18.8 Å². The average Bonchev–Trinajstić information content (AvgIpc) is 2.61. The molecule has 0 aliphatic rings. The lowest BCUT2D eigenvalue weighted by atomic mass is 10.1. The number of anilines is 1. The monoisotopic (exact) mass is 352 g/mol. The Balaban J connectivity index is 1.86. The molecule has 0 atom stereocenters. The zero-order valence-corrected chi connectivity index (χ0v) is 15.3. The van der Waals surface area contributed by atoms with Gasteiger partial charge in [0, 0.05) is 18.3 Å². The van der Waals surface area contributed by atoms with Crippen LogP contribution in [0.5, 0.6) is 0 Å². The van der Waals surface area contributed by atoms with Gasteiger partial charge in [0.2, 0.25) is 0 Å². The van der Waals surface area contributed by atoms with Crippen LogP contribution in [0.3, 0.4) is 0 Å². The minimum atomic E-state index is -0.375. The molecule has 5 nitrogen and oxygen atoms in total. The van der Waals surface area contributed by atoms with Crippen LogP contribution in [0.15, 0.2) is 48.5 Å². The summed E-state index contributed by atoms with van der Waals surface area (Å²) in [5.74, 6) is -0.375. The van der Waals surface area contributed by atoms with Gasteiger partial charge in [-0.3, -0.25) is 0 Å². The van der Waals surface area contributed by atoms with Crippen LogP contribution in [-0.4, -0.2) is 18.6 Å². The summed E-state index contributed by atoms with van der Waals surface area (Å²) in [6, 6.07) is 13.1. The molecule has 0 aliphatic heterocycles. The number of hydrogen-bond acceptors (Lipinski definition) is 3. The van der Waals surface area contributed by atoms with Crippen LogP contribution in [0.25, 0.3) is 6.08 Å². The lowest BCUT2D eigenvalue weighted by molar-refractivity contribution is -0.137. The third-order valence-corrected chi connectivity index (χ3v) is 3.80. The molecule has 0 fully saturated rings. The van der Waals surface area contributed by atoms with Gasteiger partial charge < -0.3 is 15.4 Å². The Morgan fingerprint density at radius 2 is 1.81 bits per heavy atom. The van der Waals surface area contributed by atoms with Crippen molar-refractivity contribution in [2.24, 2.45) is 0 Å². The number of esters is 1. The van der Waals surface area contributed by atoms with Crippen molar-refractivity contribution in [1.82, 2.24) is 5.32 Å². The van der Waals surface area contributed by atoms with Crippen molar-refractivity contribution < 1.29 is 14.3 Å². The molecule has 26 heavy (non-hydrogen) atoms. The van der Waals surface area contributed by atoms with Crippen LogP contribution in [-0.2, 0) is 16.1 Å². The quantitative estimate of drug-likeness (QED) is 0.605.